The van der Waals surface area contributed by atoms with Crippen molar-refractivity contribution >= 4 is 23.6 Å². The Bertz CT molecular complexity index is 346. The summed E-state index contributed by atoms with van der Waals surface area (Å²) in [4.78, 5) is 24.2. The Kier molecular flexibility index (Phi) is 6.60. The van der Waals surface area contributed by atoms with E-state index in [1.807, 2.05) is 0 Å². The van der Waals surface area contributed by atoms with Gasteiger partial charge in [-0.2, -0.15) is 24.9 Å². The normalized spacial score (nSPS) is 19.5. The SMILES string of the molecule is CN(CC(=O)NCC(F)(F)F)C(=O)CC1CSCCN1. The van der Waals surface area contributed by atoms with Crippen LogP contribution in [0.5, 0.6) is 0 Å². The van der Waals surface area contributed by atoms with Crippen molar-refractivity contribution in [2.24, 2.45) is 0 Å². The van der Waals surface area contributed by atoms with Crippen LogP contribution in [0.2, 0.25) is 0 Å². The minimum Gasteiger partial charge on any atom is -0.345 e. The number of nitrogens with zero attached hydrogens (tertiary/aromatic N) is 1. The Morgan fingerprint density at radius 3 is 2.70 bits per heavy atom. The second kappa shape index (κ2) is 7.72. The molecule has 1 unspecified atom stereocenters. The first-order valence-electron chi connectivity index (χ1n) is 6.16. The van der Waals surface area contributed by atoms with Crippen molar-refractivity contribution in [3.8, 4) is 0 Å². The van der Waals surface area contributed by atoms with Crippen LogP contribution < -0.4 is 10.6 Å². The van der Waals surface area contributed by atoms with Crippen LogP contribution in [0.25, 0.3) is 0 Å². The molecule has 0 spiro atoms. The molecule has 20 heavy (non-hydrogen) atoms. The van der Waals surface area contributed by atoms with Crippen molar-refractivity contribution < 1.29 is 22.8 Å². The van der Waals surface area contributed by atoms with Gasteiger partial charge in [0.1, 0.15) is 6.54 Å². The van der Waals surface area contributed by atoms with Gasteiger partial charge in [0.2, 0.25) is 11.8 Å². The zero-order valence-corrected chi connectivity index (χ0v) is 11.9. The van der Waals surface area contributed by atoms with Gasteiger partial charge >= 0.3 is 6.18 Å². The van der Waals surface area contributed by atoms with Gasteiger partial charge in [0.15, 0.2) is 0 Å². The number of alkyl halides is 3. The summed E-state index contributed by atoms with van der Waals surface area (Å²) in [6.07, 6.45) is -4.20. The van der Waals surface area contributed by atoms with Crippen LogP contribution in [0.4, 0.5) is 13.2 Å². The first-order valence-corrected chi connectivity index (χ1v) is 7.32. The van der Waals surface area contributed by atoms with Crippen molar-refractivity contribution in [2.75, 3.05) is 38.2 Å². The standard InChI is InChI=1S/C11H18F3N3O2S/c1-17(5-9(18)16-7-11(12,13)14)10(19)4-8-6-20-3-2-15-8/h8,15H,2-7H2,1H3,(H,16,18). The molecule has 1 aliphatic rings. The molecule has 0 aromatic heterocycles. The van der Waals surface area contributed by atoms with Gasteiger partial charge < -0.3 is 15.5 Å². The average Bonchev–Trinajstić information content (AvgIpc) is 2.36. The molecular formula is C11H18F3N3O2S. The molecule has 1 fully saturated rings. The lowest BCUT2D eigenvalue weighted by atomic mass is 10.2. The Morgan fingerprint density at radius 2 is 2.15 bits per heavy atom. The van der Waals surface area contributed by atoms with Crippen molar-refractivity contribution in [3.05, 3.63) is 0 Å². The predicted molar refractivity (Wildman–Crippen MR) is 70.4 cm³/mol. The highest BCUT2D eigenvalue weighted by Crippen LogP contribution is 2.12. The first-order chi connectivity index (χ1) is 9.28. The Morgan fingerprint density at radius 1 is 1.45 bits per heavy atom. The van der Waals surface area contributed by atoms with Gasteiger partial charge in [0, 0.05) is 37.6 Å². The maximum Gasteiger partial charge on any atom is 0.405 e. The van der Waals surface area contributed by atoms with Gasteiger partial charge in [-0.1, -0.05) is 0 Å². The molecule has 0 saturated carbocycles. The van der Waals surface area contributed by atoms with E-state index in [0.717, 1.165) is 23.0 Å². The van der Waals surface area contributed by atoms with Gasteiger partial charge in [0.05, 0.1) is 6.54 Å². The highest BCUT2D eigenvalue weighted by Gasteiger charge is 2.28. The zero-order chi connectivity index (χ0) is 15.2. The number of halogens is 3. The van der Waals surface area contributed by atoms with E-state index in [1.54, 1.807) is 17.1 Å². The molecule has 116 valence electrons. The smallest absolute Gasteiger partial charge is 0.345 e. The van der Waals surface area contributed by atoms with Crippen molar-refractivity contribution in [3.63, 3.8) is 0 Å². The quantitative estimate of drug-likeness (QED) is 0.762. The summed E-state index contributed by atoms with van der Waals surface area (Å²) >= 11 is 1.74. The van der Waals surface area contributed by atoms with Gasteiger partial charge in [-0.3, -0.25) is 9.59 Å². The van der Waals surface area contributed by atoms with Crippen LogP contribution in [0.1, 0.15) is 6.42 Å². The minimum atomic E-state index is -4.44. The lowest BCUT2D eigenvalue weighted by molar-refractivity contribution is -0.141. The van der Waals surface area contributed by atoms with Crippen LogP contribution in [-0.2, 0) is 9.59 Å². The fourth-order valence-corrected chi connectivity index (χ4v) is 2.62. The molecule has 0 aromatic rings. The molecule has 2 N–H and O–H groups in total. The van der Waals surface area contributed by atoms with Crippen molar-refractivity contribution in [1.29, 1.82) is 0 Å². The number of carbonyl (C=O) groups is 2. The summed E-state index contributed by atoms with van der Waals surface area (Å²) in [5.74, 6) is 0.747. The number of hydrogen-bond donors (Lipinski definition) is 2. The van der Waals surface area contributed by atoms with E-state index >= 15 is 0 Å². The summed E-state index contributed by atoms with van der Waals surface area (Å²) in [6, 6.07) is 0.0573. The molecule has 1 atom stereocenters. The maximum absolute atomic E-state index is 11.9. The number of nitrogens with one attached hydrogen (secondary N) is 2. The molecule has 1 heterocycles. The van der Waals surface area contributed by atoms with Crippen LogP contribution >= 0.6 is 11.8 Å². The first kappa shape index (κ1) is 17.1. The minimum absolute atomic E-state index is 0.0573. The van der Waals surface area contributed by atoms with Crippen molar-refractivity contribution in [1.82, 2.24) is 15.5 Å². The Balaban J connectivity index is 2.28. The van der Waals surface area contributed by atoms with Crippen LogP contribution in [0, 0.1) is 0 Å². The topological polar surface area (TPSA) is 61.4 Å². The third-order valence-corrected chi connectivity index (χ3v) is 3.84. The highest BCUT2D eigenvalue weighted by atomic mass is 32.2. The van der Waals surface area contributed by atoms with Crippen molar-refractivity contribution in [2.45, 2.75) is 18.6 Å². The molecule has 0 aromatic carbocycles. The second-order valence-electron chi connectivity index (χ2n) is 4.57. The summed E-state index contributed by atoms with van der Waals surface area (Å²) in [5, 5.41) is 4.92. The number of thioether (sulfide) groups is 1. The predicted octanol–water partition coefficient (Wildman–Crippen LogP) is 0.218. The van der Waals surface area contributed by atoms with E-state index in [9.17, 15) is 22.8 Å². The fourth-order valence-electron chi connectivity index (χ4n) is 1.68. The maximum atomic E-state index is 11.9. The molecule has 1 saturated heterocycles. The summed E-state index contributed by atoms with van der Waals surface area (Å²) < 4.78 is 35.7. The van der Waals surface area contributed by atoms with E-state index < -0.39 is 18.6 Å². The Labute approximate surface area is 119 Å². The van der Waals surface area contributed by atoms with E-state index in [4.69, 9.17) is 0 Å². The van der Waals surface area contributed by atoms with Crippen LogP contribution in [-0.4, -0.2) is 67.1 Å². The molecule has 5 nitrogen and oxygen atoms in total. The molecule has 0 aliphatic carbocycles. The zero-order valence-electron chi connectivity index (χ0n) is 11.1. The summed E-state index contributed by atoms with van der Waals surface area (Å²) in [7, 11) is 1.41. The molecular weight excluding hydrogens is 295 g/mol. The number of rotatable bonds is 5. The van der Waals surface area contributed by atoms with E-state index in [1.165, 1.54) is 7.05 Å². The third-order valence-electron chi connectivity index (χ3n) is 2.71. The van der Waals surface area contributed by atoms with Crippen LogP contribution in [0.15, 0.2) is 0 Å². The summed E-state index contributed by atoms with van der Waals surface area (Å²) in [6.45, 7) is -0.915. The molecule has 0 bridgehead atoms. The average molecular weight is 313 g/mol. The van der Waals surface area contributed by atoms with Gasteiger partial charge in [-0.25, -0.2) is 0 Å². The van der Waals surface area contributed by atoms with E-state index in [0.29, 0.717) is 0 Å². The monoisotopic (exact) mass is 313 g/mol. The number of likely N-dealkylation sites (N-methyl/N-ethyl adjacent to an activating group) is 1. The molecule has 1 aliphatic heterocycles. The second-order valence-corrected chi connectivity index (χ2v) is 5.72. The van der Waals surface area contributed by atoms with Gasteiger partial charge in [0.25, 0.3) is 0 Å². The lowest BCUT2D eigenvalue weighted by Crippen LogP contribution is -2.45. The lowest BCUT2D eigenvalue weighted by Gasteiger charge is -2.25. The fraction of sp³-hybridized carbons (Fsp3) is 0.818. The largest absolute Gasteiger partial charge is 0.405 e. The number of amides is 2. The van der Waals surface area contributed by atoms with Gasteiger partial charge in [-0.15, -0.1) is 0 Å². The van der Waals surface area contributed by atoms with E-state index in [-0.39, 0.29) is 24.9 Å². The summed E-state index contributed by atoms with van der Waals surface area (Å²) in [5.41, 5.74) is 0. The van der Waals surface area contributed by atoms with Crippen LogP contribution in [0.3, 0.4) is 0 Å². The van der Waals surface area contributed by atoms with Gasteiger partial charge in [-0.05, 0) is 0 Å². The molecule has 1 rings (SSSR count). The highest BCUT2D eigenvalue weighted by molar-refractivity contribution is 7.99. The molecule has 0 radical (unpaired) electrons. The molecule has 2 amide bonds. The Hall–Kier alpha value is -0.960. The number of carbonyl (C=O) groups excluding carboxylic acids is 2. The number of hydrogen-bond acceptors (Lipinski definition) is 4. The third kappa shape index (κ3) is 6.99. The van der Waals surface area contributed by atoms with E-state index in [2.05, 4.69) is 5.32 Å². The molecule has 9 heteroatoms.